The molecule has 2 aromatic carbocycles. The van der Waals surface area contributed by atoms with Gasteiger partial charge in [0.05, 0.1) is 10.2 Å². The zero-order chi connectivity index (χ0) is 20.8. The van der Waals surface area contributed by atoms with Gasteiger partial charge in [0.2, 0.25) is 0 Å². The number of amides is 1. The average molecular weight is 418 g/mol. The third-order valence-electron chi connectivity index (χ3n) is 4.80. The largest absolute Gasteiger partial charge is 0.372 e. The molecule has 152 valence electrons. The molecule has 0 saturated heterocycles. The third kappa shape index (κ3) is 4.46. The summed E-state index contributed by atoms with van der Waals surface area (Å²) in [5, 5.41) is 3.69. The molecule has 0 spiro atoms. The van der Waals surface area contributed by atoms with Gasteiger partial charge in [-0.3, -0.25) is 4.79 Å². The summed E-state index contributed by atoms with van der Waals surface area (Å²) in [5.74, 6) is -0.222. The molecular formula is C23H23N5OS. The highest BCUT2D eigenvalue weighted by atomic mass is 32.1. The summed E-state index contributed by atoms with van der Waals surface area (Å²) in [5.41, 5.74) is 2.93. The van der Waals surface area contributed by atoms with Crippen LogP contribution in [-0.2, 0) is 0 Å². The minimum Gasteiger partial charge on any atom is -0.372 e. The lowest BCUT2D eigenvalue weighted by Gasteiger charge is -2.23. The molecule has 1 N–H and O–H groups in total. The van der Waals surface area contributed by atoms with E-state index in [1.807, 2.05) is 42.5 Å². The summed E-state index contributed by atoms with van der Waals surface area (Å²) in [6, 6.07) is 18.2. The number of benzene rings is 2. The molecule has 30 heavy (non-hydrogen) atoms. The van der Waals surface area contributed by atoms with Crippen molar-refractivity contribution in [3.8, 4) is 10.7 Å². The van der Waals surface area contributed by atoms with E-state index in [0.29, 0.717) is 22.9 Å². The second kappa shape index (κ2) is 9.45. The molecule has 7 heteroatoms. The zero-order valence-electron chi connectivity index (χ0n) is 16.8. The summed E-state index contributed by atoms with van der Waals surface area (Å²) < 4.78 is 1.06. The Kier molecular flexibility index (Phi) is 6.29. The SMILES string of the molecule is CCN(CCCNC(=O)c1nccnc1-c1nc2ccccc2s1)c1ccccc1. The minimum atomic E-state index is -0.222. The van der Waals surface area contributed by atoms with Crippen LogP contribution in [0.3, 0.4) is 0 Å². The van der Waals surface area contributed by atoms with Crippen molar-refractivity contribution in [2.45, 2.75) is 13.3 Å². The molecule has 4 aromatic rings. The number of aromatic nitrogens is 3. The predicted molar refractivity (Wildman–Crippen MR) is 122 cm³/mol. The predicted octanol–water partition coefficient (Wildman–Crippen LogP) is 4.40. The summed E-state index contributed by atoms with van der Waals surface area (Å²) in [6.07, 6.45) is 3.97. The highest BCUT2D eigenvalue weighted by molar-refractivity contribution is 7.21. The first-order valence-electron chi connectivity index (χ1n) is 10.0. The summed E-state index contributed by atoms with van der Waals surface area (Å²) in [7, 11) is 0. The average Bonchev–Trinajstić information content (AvgIpc) is 3.24. The van der Waals surface area contributed by atoms with E-state index in [9.17, 15) is 4.79 Å². The van der Waals surface area contributed by atoms with Gasteiger partial charge in [-0.05, 0) is 37.6 Å². The standard InChI is InChI=1S/C23H23N5OS/c1-2-28(17-9-4-3-5-10-17)16-8-13-26-22(29)20-21(25-15-14-24-20)23-27-18-11-6-7-12-19(18)30-23/h3-7,9-12,14-15H,2,8,13,16H2,1H3,(H,26,29). The number of carbonyl (C=O) groups is 1. The molecule has 2 aromatic heterocycles. The van der Waals surface area contributed by atoms with Crippen LogP contribution in [0.5, 0.6) is 0 Å². The molecule has 1 amide bonds. The Hall–Kier alpha value is -3.32. The van der Waals surface area contributed by atoms with Crippen LogP contribution in [0.1, 0.15) is 23.8 Å². The van der Waals surface area contributed by atoms with Crippen LogP contribution in [0.4, 0.5) is 5.69 Å². The second-order valence-corrected chi connectivity index (χ2v) is 7.80. The Balaban J connectivity index is 1.41. The van der Waals surface area contributed by atoms with Gasteiger partial charge in [0.1, 0.15) is 10.7 Å². The molecule has 0 radical (unpaired) electrons. The van der Waals surface area contributed by atoms with E-state index in [2.05, 4.69) is 44.2 Å². The Morgan fingerprint density at radius 3 is 2.60 bits per heavy atom. The third-order valence-corrected chi connectivity index (χ3v) is 5.85. The van der Waals surface area contributed by atoms with E-state index < -0.39 is 0 Å². The van der Waals surface area contributed by atoms with Gasteiger partial charge in [-0.1, -0.05) is 30.3 Å². The Morgan fingerprint density at radius 1 is 1.03 bits per heavy atom. The van der Waals surface area contributed by atoms with E-state index in [-0.39, 0.29) is 5.91 Å². The Labute approximate surface area is 179 Å². The molecule has 0 bridgehead atoms. The fourth-order valence-corrected chi connectivity index (χ4v) is 4.26. The maximum absolute atomic E-state index is 12.8. The lowest BCUT2D eigenvalue weighted by atomic mass is 10.2. The number of anilines is 1. The number of fused-ring (bicyclic) bond motifs is 1. The normalized spacial score (nSPS) is 10.8. The van der Waals surface area contributed by atoms with Crippen LogP contribution in [0.2, 0.25) is 0 Å². The monoisotopic (exact) mass is 417 g/mol. The highest BCUT2D eigenvalue weighted by Crippen LogP contribution is 2.30. The number of hydrogen-bond donors (Lipinski definition) is 1. The molecule has 0 atom stereocenters. The first kappa shape index (κ1) is 20.0. The first-order chi connectivity index (χ1) is 14.8. The van der Waals surface area contributed by atoms with Crippen molar-refractivity contribution in [3.05, 3.63) is 72.7 Å². The lowest BCUT2D eigenvalue weighted by Crippen LogP contribution is -2.30. The molecule has 6 nitrogen and oxygen atoms in total. The summed E-state index contributed by atoms with van der Waals surface area (Å²) in [4.78, 5) is 28.4. The number of thiazole rings is 1. The topological polar surface area (TPSA) is 71.0 Å². The van der Waals surface area contributed by atoms with Crippen molar-refractivity contribution in [1.29, 1.82) is 0 Å². The van der Waals surface area contributed by atoms with Crippen LogP contribution >= 0.6 is 11.3 Å². The zero-order valence-corrected chi connectivity index (χ0v) is 17.6. The van der Waals surface area contributed by atoms with Crippen molar-refractivity contribution in [2.24, 2.45) is 0 Å². The maximum Gasteiger partial charge on any atom is 0.272 e. The van der Waals surface area contributed by atoms with E-state index >= 15 is 0 Å². The van der Waals surface area contributed by atoms with Gasteiger partial charge in [-0.2, -0.15) is 0 Å². The van der Waals surface area contributed by atoms with Gasteiger partial charge in [-0.25, -0.2) is 15.0 Å². The van der Waals surface area contributed by atoms with Crippen LogP contribution in [0.25, 0.3) is 20.9 Å². The van der Waals surface area contributed by atoms with Gasteiger partial charge in [-0.15, -0.1) is 11.3 Å². The Bertz CT molecular complexity index is 1100. The molecule has 0 unspecified atom stereocenters. The van der Waals surface area contributed by atoms with Crippen molar-refractivity contribution < 1.29 is 4.79 Å². The van der Waals surface area contributed by atoms with E-state index in [1.165, 1.54) is 17.0 Å². The molecule has 0 saturated carbocycles. The first-order valence-corrected chi connectivity index (χ1v) is 10.8. The molecule has 4 rings (SSSR count). The maximum atomic E-state index is 12.8. The molecular weight excluding hydrogens is 394 g/mol. The molecule has 0 fully saturated rings. The number of para-hydroxylation sites is 2. The van der Waals surface area contributed by atoms with Crippen LogP contribution in [0.15, 0.2) is 67.0 Å². The van der Waals surface area contributed by atoms with Crippen LogP contribution < -0.4 is 10.2 Å². The quantitative estimate of drug-likeness (QED) is 0.430. The van der Waals surface area contributed by atoms with Gasteiger partial charge in [0.25, 0.3) is 5.91 Å². The summed E-state index contributed by atoms with van der Waals surface area (Å²) >= 11 is 1.51. The van der Waals surface area contributed by atoms with Crippen LogP contribution in [-0.4, -0.2) is 40.5 Å². The number of nitrogens with zero attached hydrogens (tertiary/aromatic N) is 4. The number of nitrogens with one attached hydrogen (secondary N) is 1. The van der Waals surface area contributed by atoms with Gasteiger partial charge in [0, 0.05) is 37.7 Å². The fourth-order valence-electron chi connectivity index (χ4n) is 3.30. The summed E-state index contributed by atoms with van der Waals surface area (Å²) in [6.45, 7) is 4.49. The van der Waals surface area contributed by atoms with E-state index in [4.69, 9.17) is 0 Å². The van der Waals surface area contributed by atoms with Crippen molar-refractivity contribution in [2.75, 3.05) is 24.5 Å². The minimum absolute atomic E-state index is 0.222. The molecule has 0 aliphatic rings. The fraction of sp³-hybridized carbons (Fsp3) is 0.217. The van der Waals surface area contributed by atoms with E-state index in [0.717, 1.165) is 29.7 Å². The Morgan fingerprint density at radius 2 is 1.80 bits per heavy atom. The van der Waals surface area contributed by atoms with Crippen molar-refractivity contribution >= 4 is 33.1 Å². The number of rotatable bonds is 8. The molecule has 0 aliphatic heterocycles. The number of hydrogen-bond acceptors (Lipinski definition) is 6. The molecule has 0 aliphatic carbocycles. The highest BCUT2D eigenvalue weighted by Gasteiger charge is 2.18. The second-order valence-electron chi connectivity index (χ2n) is 6.76. The van der Waals surface area contributed by atoms with Crippen molar-refractivity contribution in [3.63, 3.8) is 0 Å². The van der Waals surface area contributed by atoms with Gasteiger partial charge in [0.15, 0.2) is 5.69 Å². The van der Waals surface area contributed by atoms with Gasteiger partial charge < -0.3 is 10.2 Å². The van der Waals surface area contributed by atoms with Crippen molar-refractivity contribution in [1.82, 2.24) is 20.3 Å². The number of carbonyl (C=O) groups excluding carboxylic acids is 1. The van der Waals surface area contributed by atoms with E-state index in [1.54, 1.807) is 12.4 Å². The molecule has 2 heterocycles. The smallest absolute Gasteiger partial charge is 0.272 e. The van der Waals surface area contributed by atoms with Crippen LogP contribution in [0, 0.1) is 0 Å². The van der Waals surface area contributed by atoms with Gasteiger partial charge >= 0.3 is 0 Å². The lowest BCUT2D eigenvalue weighted by molar-refractivity contribution is 0.0949.